The molecule has 198 valence electrons. The minimum atomic E-state index is -0.823. The second-order valence-corrected chi connectivity index (χ2v) is 10.1. The normalized spacial score (nSPS) is 22.0. The number of hydrogen-bond donors (Lipinski definition) is 4. The Morgan fingerprint density at radius 2 is 2.03 bits per heavy atom. The maximum absolute atomic E-state index is 12.9. The van der Waals surface area contributed by atoms with Crippen LogP contribution in [0, 0.1) is 5.92 Å². The molecule has 4 rings (SSSR count). The lowest BCUT2D eigenvalue weighted by Gasteiger charge is -2.29. The van der Waals surface area contributed by atoms with Gasteiger partial charge in [-0.3, -0.25) is 9.59 Å². The number of carbonyl (C=O) groups is 2. The molecule has 37 heavy (non-hydrogen) atoms. The van der Waals surface area contributed by atoms with Crippen LogP contribution in [0.3, 0.4) is 0 Å². The fourth-order valence-electron chi connectivity index (χ4n) is 5.58. The van der Waals surface area contributed by atoms with Crippen molar-refractivity contribution >= 4 is 35.7 Å². The lowest BCUT2D eigenvalue weighted by molar-refractivity contribution is -0.137. The number of fused-ring (bicyclic) bond motifs is 1. The molecule has 1 amide bonds. The molecule has 2 aliphatic rings. The van der Waals surface area contributed by atoms with Crippen molar-refractivity contribution < 1.29 is 14.7 Å². The van der Waals surface area contributed by atoms with Crippen molar-refractivity contribution in [3.8, 4) is 0 Å². The van der Waals surface area contributed by atoms with Gasteiger partial charge in [-0.2, -0.15) is 0 Å². The third-order valence-electron chi connectivity index (χ3n) is 7.52. The zero-order chi connectivity index (χ0) is 26.2. The van der Waals surface area contributed by atoms with Crippen molar-refractivity contribution in [2.45, 2.75) is 63.8 Å². The van der Waals surface area contributed by atoms with Crippen molar-refractivity contribution in [2.75, 3.05) is 29.9 Å². The minimum Gasteiger partial charge on any atom is -0.481 e. The fraction of sp³-hybridized carbons (Fsp3) is 0.483. The van der Waals surface area contributed by atoms with Crippen LogP contribution in [-0.4, -0.2) is 52.6 Å². The van der Waals surface area contributed by atoms with E-state index in [1.54, 1.807) is 6.08 Å². The van der Waals surface area contributed by atoms with Crippen LogP contribution >= 0.6 is 0 Å². The molecule has 4 N–H and O–H groups in total. The number of allylic oxidation sites excluding steroid dienone is 1. The maximum Gasteiger partial charge on any atom is 0.303 e. The SMILES string of the molecule is C=Cc1[nH]c(NC2CCC(CNCCN3C(=O)CCC(CC(=O)O)c4ccccc43)CC2)nc1C=CC. The summed E-state index contributed by atoms with van der Waals surface area (Å²) in [6, 6.07) is 8.17. The number of aliphatic carboxylic acids is 1. The Morgan fingerprint density at radius 1 is 1.24 bits per heavy atom. The topological polar surface area (TPSA) is 110 Å². The smallest absolute Gasteiger partial charge is 0.303 e. The summed E-state index contributed by atoms with van der Waals surface area (Å²) >= 11 is 0. The van der Waals surface area contributed by atoms with Gasteiger partial charge in [-0.05, 0) is 81.2 Å². The summed E-state index contributed by atoms with van der Waals surface area (Å²) in [5, 5.41) is 16.4. The van der Waals surface area contributed by atoms with Crippen LogP contribution in [0.25, 0.3) is 12.2 Å². The van der Waals surface area contributed by atoms with Gasteiger partial charge in [-0.25, -0.2) is 4.98 Å². The number of benzene rings is 1. The molecule has 1 unspecified atom stereocenters. The molecule has 1 saturated carbocycles. The van der Waals surface area contributed by atoms with E-state index in [2.05, 4.69) is 27.2 Å². The van der Waals surface area contributed by atoms with E-state index < -0.39 is 5.97 Å². The second-order valence-electron chi connectivity index (χ2n) is 10.1. The lowest BCUT2D eigenvalue weighted by Crippen LogP contribution is -2.38. The number of nitrogens with zero attached hydrogens (tertiary/aromatic N) is 2. The average molecular weight is 506 g/mol. The molecule has 0 saturated heterocycles. The van der Waals surface area contributed by atoms with E-state index in [0.29, 0.717) is 37.9 Å². The molecule has 1 aromatic heterocycles. The Labute approximate surface area is 219 Å². The van der Waals surface area contributed by atoms with Crippen molar-refractivity contribution in [1.29, 1.82) is 0 Å². The van der Waals surface area contributed by atoms with Crippen LogP contribution < -0.4 is 15.5 Å². The number of anilines is 2. The number of rotatable bonds is 11. The third-order valence-corrected chi connectivity index (χ3v) is 7.52. The van der Waals surface area contributed by atoms with E-state index >= 15 is 0 Å². The standard InChI is InChI=1S/C29H39N5O3/c1-3-7-25-24(4-2)32-29(33-25)31-22-13-10-20(11-14-22)19-30-16-17-34-26-9-6-5-8-23(26)21(18-28(36)37)12-15-27(34)35/h3-9,20-22,30H,2,10-19H2,1H3,(H,36,37)(H2,31,32,33). The van der Waals surface area contributed by atoms with Gasteiger partial charge in [0.25, 0.3) is 0 Å². The number of carboxylic acid groups (broad SMARTS) is 1. The van der Waals surface area contributed by atoms with Gasteiger partial charge in [-0.15, -0.1) is 0 Å². The molecular weight excluding hydrogens is 466 g/mol. The van der Waals surface area contributed by atoms with Crippen LogP contribution in [0.2, 0.25) is 0 Å². The minimum absolute atomic E-state index is 0.0558. The number of nitrogens with one attached hydrogen (secondary N) is 3. The highest BCUT2D eigenvalue weighted by molar-refractivity contribution is 5.95. The first-order valence-corrected chi connectivity index (χ1v) is 13.4. The number of carboxylic acids is 1. The highest BCUT2D eigenvalue weighted by Crippen LogP contribution is 2.36. The van der Waals surface area contributed by atoms with Gasteiger partial charge in [0.05, 0.1) is 17.8 Å². The molecule has 1 aliphatic heterocycles. The Kier molecular flexibility index (Phi) is 9.17. The van der Waals surface area contributed by atoms with Crippen LogP contribution in [-0.2, 0) is 9.59 Å². The van der Waals surface area contributed by atoms with Gasteiger partial charge in [-0.1, -0.05) is 30.9 Å². The van der Waals surface area contributed by atoms with Gasteiger partial charge in [0.2, 0.25) is 11.9 Å². The number of amides is 1. The number of hydrogen-bond acceptors (Lipinski definition) is 5. The summed E-state index contributed by atoms with van der Waals surface area (Å²) in [5.41, 5.74) is 3.66. The fourth-order valence-corrected chi connectivity index (χ4v) is 5.58. The molecule has 1 aromatic carbocycles. The molecule has 1 aliphatic carbocycles. The monoisotopic (exact) mass is 505 g/mol. The summed E-state index contributed by atoms with van der Waals surface area (Å²) in [4.78, 5) is 34.0. The molecule has 8 nitrogen and oxygen atoms in total. The first-order valence-electron chi connectivity index (χ1n) is 13.4. The summed E-state index contributed by atoms with van der Waals surface area (Å²) in [6.07, 6.45) is 11.2. The Balaban J connectivity index is 1.23. The van der Waals surface area contributed by atoms with Gasteiger partial charge >= 0.3 is 5.97 Å². The number of aromatic nitrogens is 2. The second kappa shape index (κ2) is 12.7. The van der Waals surface area contributed by atoms with E-state index in [1.807, 2.05) is 48.2 Å². The van der Waals surface area contributed by atoms with Crippen LogP contribution in [0.15, 0.2) is 36.9 Å². The summed E-state index contributed by atoms with van der Waals surface area (Å²) < 4.78 is 0. The Morgan fingerprint density at radius 3 is 2.76 bits per heavy atom. The first kappa shape index (κ1) is 26.7. The van der Waals surface area contributed by atoms with Crippen LogP contribution in [0.1, 0.15) is 74.7 Å². The van der Waals surface area contributed by atoms with E-state index in [-0.39, 0.29) is 18.2 Å². The number of aromatic amines is 1. The molecule has 2 aromatic rings. The molecule has 0 bridgehead atoms. The number of imidazole rings is 1. The van der Waals surface area contributed by atoms with Crippen LogP contribution in [0.5, 0.6) is 0 Å². The first-order chi connectivity index (χ1) is 18.0. The van der Waals surface area contributed by atoms with Crippen molar-refractivity contribution in [2.24, 2.45) is 5.92 Å². The maximum atomic E-state index is 12.9. The molecule has 1 atom stereocenters. The van der Waals surface area contributed by atoms with E-state index in [4.69, 9.17) is 0 Å². The predicted octanol–water partition coefficient (Wildman–Crippen LogP) is 5.03. The van der Waals surface area contributed by atoms with Gasteiger partial charge in [0, 0.05) is 31.2 Å². The van der Waals surface area contributed by atoms with Gasteiger partial charge in [0.1, 0.15) is 0 Å². The lowest BCUT2D eigenvalue weighted by atomic mass is 9.86. The summed E-state index contributed by atoms with van der Waals surface area (Å²) in [7, 11) is 0. The molecule has 0 radical (unpaired) electrons. The molecular formula is C29H39N5O3. The average Bonchev–Trinajstić information content (AvgIpc) is 3.22. The molecule has 1 fully saturated rings. The van der Waals surface area contributed by atoms with Gasteiger partial charge < -0.3 is 25.6 Å². The highest BCUT2D eigenvalue weighted by atomic mass is 16.4. The van der Waals surface area contributed by atoms with E-state index in [0.717, 1.165) is 60.8 Å². The number of carbonyl (C=O) groups excluding carboxylic acids is 1. The number of para-hydroxylation sites is 1. The van der Waals surface area contributed by atoms with Gasteiger partial charge in [0.15, 0.2) is 0 Å². The quantitative estimate of drug-likeness (QED) is 0.319. The predicted molar refractivity (Wildman–Crippen MR) is 149 cm³/mol. The zero-order valence-corrected chi connectivity index (χ0v) is 21.7. The van der Waals surface area contributed by atoms with Crippen molar-refractivity contribution in [1.82, 2.24) is 15.3 Å². The van der Waals surface area contributed by atoms with Crippen molar-refractivity contribution in [3.63, 3.8) is 0 Å². The Hall–Kier alpha value is -3.39. The van der Waals surface area contributed by atoms with Crippen molar-refractivity contribution in [3.05, 3.63) is 53.9 Å². The largest absolute Gasteiger partial charge is 0.481 e. The molecule has 0 spiro atoms. The Bertz CT molecular complexity index is 1120. The number of H-pyrrole nitrogens is 1. The molecule has 8 heteroatoms. The highest BCUT2D eigenvalue weighted by Gasteiger charge is 2.29. The molecule has 2 heterocycles. The van der Waals surface area contributed by atoms with E-state index in [9.17, 15) is 14.7 Å². The third kappa shape index (κ3) is 6.89. The van der Waals surface area contributed by atoms with Crippen LogP contribution in [0.4, 0.5) is 11.6 Å². The summed E-state index contributed by atoms with van der Waals surface area (Å²) in [5.74, 6) is 0.542. The van der Waals surface area contributed by atoms with E-state index in [1.165, 1.54) is 0 Å². The zero-order valence-electron chi connectivity index (χ0n) is 21.7. The summed E-state index contributed by atoms with van der Waals surface area (Å²) in [6.45, 7) is 8.08.